The molecule has 2 amide bonds. The smallest absolute Gasteiger partial charge is 0.308 e. The van der Waals surface area contributed by atoms with Crippen LogP contribution in [0.3, 0.4) is 0 Å². The van der Waals surface area contributed by atoms with Crippen molar-refractivity contribution in [3.63, 3.8) is 0 Å². The Bertz CT molecular complexity index is 739. The number of rotatable bonds is 5. The predicted molar refractivity (Wildman–Crippen MR) is 96.4 cm³/mol. The van der Waals surface area contributed by atoms with Gasteiger partial charge in [-0.1, -0.05) is 0 Å². The van der Waals surface area contributed by atoms with Gasteiger partial charge in [-0.3, -0.25) is 14.4 Å². The topological polar surface area (TPSA) is 100 Å². The minimum atomic E-state index is -0.494. The van der Waals surface area contributed by atoms with Crippen LogP contribution in [0, 0.1) is 0 Å². The summed E-state index contributed by atoms with van der Waals surface area (Å²) >= 11 is 0. The van der Waals surface area contributed by atoms with Crippen molar-refractivity contribution in [3.8, 4) is 5.75 Å². The van der Waals surface area contributed by atoms with Gasteiger partial charge in [-0.05, 0) is 48.8 Å². The average Bonchev–Trinajstić information content (AvgIpc) is 2.87. The highest BCUT2D eigenvalue weighted by molar-refractivity contribution is 7.88. The van der Waals surface area contributed by atoms with E-state index in [-0.39, 0.29) is 18.4 Å². The molecule has 0 saturated carbocycles. The highest BCUT2D eigenvalue weighted by atomic mass is 32.2. The summed E-state index contributed by atoms with van der Waals surface area (Å²) in [6.07, 6.45) is 0. The van der Waals surface area contributed by atoms with E-state index in [1.807, 2.05) is 13.8 Å². The third-order valence-electron chi connectivity index (χ3n) is 3.04. The Morgan fingerprint density at radius 3 is 2.52 bits per heavy atom. The molecule has 1 saturated heterocycles. The van der Waals surface area contributed by atoms with E-state index >= 15 is 0 Å². The molecule has 1 fully saturated rings. The molecule has 8 nitrogen and oxygen atoms in total. The van der Waals surface area contributed by atoms with Gasteiger partial charge >= 0.3 is 5.97 Å². The first-order chi connectivity index (χ1) is 11.8. The fraction of sp³-hybridized carbons (Fsp3) is 0.375. The van der Waals surface area contributed by atoms with Crippen molar-refractivity contribution in [3.05, 3.63) is 24.3 Å². The predicted octanol–water partition coefficient (Wildman–Crippen LogP) is 1.55. The Hall–Kier alpha value is -2.55. The van der Waals surface area contributed by atoms with Crippen molar-refractivity contribution in [2.75, 3.05) is 23.5 Å². The highest BCUT2D eigenvalue weighted by Gasteiger charge is 2.26. The van der Waals surface area contributed by atoms with E-state index in [0.717, 1.165) is 5.71 Å². The molecule has 0 radical (unpaired) electrons. The number of ether oxygens (including phenoxy) is 1. The summed E-state index contributed by atoms with van der Waals surface area (Å²) in [6.45, 7) is 4.96. The highest BCUT2D eigenvalue weighted by Crippen LogP contribution is 2.16. The van der Waals surface area contributed by atoms with Crippen LogP contribution in [0.15, 0.2) is 33.8 Å². The Morgan fingerprint density at radius 2 is 1.92 bits per heavy atom. The SMILES string of the molecule is CC(=O)Oc1ccc(NC(=O)CN2C/S(=N\N=C(C)C)CC2=O)cc1. The lowest BCUT2D eigenvalue weighted by atomic mass is 10.3. The molecule has 25 heavy (non-hydrogen) atoms. The van der Waals surface area contributed by atoms with Crippen molar-refractivity contribution in [1.82, 2.24) is 4.90 Å². The van der Waals surface area contributed by atoms with Crippen LogP contribution in [0.4, 0.5) is 5.69 Å². The van der Waals surface area contributed by atoms with Crippen molar-refractivity contribution in [2.45, 2.75) is 20.8 Å². The van der Waals surface area contributed by atoms with Crippen LogP contribution in [-0.4, -0.2) is 46.6 Å². The number of esters is 1. The maximum Gasteiger partial charge on any atom is 0.308 e. The van der Waals surface area contributed by atoms with E-state index in [1.165, 1.54) is 11.8 Å². The van der Waals surface area contributed by atoms with E-state index in [4.69, 9.17) is 4.74 Å². The van der Waals surface area contributed by atoms with Gasteiger partial charge < -0.3 is 15.0 Å². The summed E-state index contributed by atoms with van der Waals surface area (Å²) in [7, 11) is -0.494. The van der Waals surface area contributed by atoms with E-state index in [0.29, 0.717) is 23.1 Å². The fourth-order valence-electron chi connectivity index (χ4n) is 2.01. The van der Waals surface area contributed by atoms with Crippen LogP contribution in [0.1, 0.15) is 20.8 Å². The van der Waals surface area contributed by atoms with Crippen LogP contribution in [0.25, 0.3) is 0 Å². The van der Waals surface area contributed by atoms with E-state index < -0.39 is 16.7 Å². The summed E-state index contributed by atoms with van der Waals surface area (Å²) in [5, 5.41) is 6.70. The molecule has 1 atom stereocenters. The Labute approximate surface area is 148 Å². The molecule has 1 N–H and O–H groups in total. The molecule has 9 heteroatoms. The number of hydrogen-bond acceptors (Lipinski definition) is 5. The standard InChI is InChI=1S/C16H20N4O4S/c1-11(2)18-19-25-9-16(23)20(10-25)8-15(22)17-13-4-6-14(7-5-13)24-12(3)21/h4-7H,8-10H2,1-3H3,(H,17,22). The van der Waals surface area contributed by atoms with Crippen LogP contribution in [0.5, 0.6) is 5.75 Å². The number of benzene rings is 1. The molecule has 1 unspecified atom stereocenters. The van der Waals surface area contributed by atoms with Gasteiger partial charge in [-0.25, -0.2) is 0 Å². The quantitative estimate of drug-likeness (QED) is 0.371. The summed E-state index contributed by atoms with van der Waals surface area (Å²) in [5.41, 5.74) is 1.38. The van der Waals surface area contributed by atoms with Crippen LogP contribution in [0.2, 0.25) is 0 Å². The molecule has 1 aromatic rings. The summed E-state index contributed by atoms with van der Waals surface area (Å²) in [4.78, 5) is 36.4. The number of hydrogen-bond donors (Lipinski definition) is 1. The van der Waals surface area contributed by atoms with Gasteiger partial charge in [-0.2, -0.15) is 5.10 Å². The van der Waals surface area contributed by atoms with E-state index in [2.05, 4.69) is 14.9 Å². The van der Waals surface area contributed by atoms with Gasteiger partial charge in [0, 0.05) is 18.3 Å². The Balaban J connectivity index is 1.90. The molecular weight excluding hydrogens is 344 g/mol. The average molecular weight is 364 g/mol. The van der Waals surface area contributed by atoms with Crippen molar-refractivity contribution < 1.29 is 19.1 Å². The molecule has 0 aromatic heterocycles. The number of nitrogens with one attached hydrogen (secondary N) is 1. The number of carbonyl (C=O) groups is 3. The maximum atomic E-state index is 12.1. The van der Waals surface area contributed by atoms with Gasteiger partial charge in [0.15, 0.2) is 0 Å². The second kappa shape index (κ2) is 8.52. The van der Waals surface area contributed by atoms with Gasteiger partial charge in [0.1, 0.15) is 12.3 Å². The zero-order valence-corrected chi connectivity index (χ0v) is 15.1. The van der Waals surface area contributed by atoms with Gasteiger partial charge in [-0.15, -0.1) is 4.47 Å². The monoisotopic (exact) mass is 364 g/mol. The lowest BCUT2D eigenvalue weighted by Gasteiger charge is -2.14. The lowest BCUT2D eigenvalue weighted by molar-refractivity contribution is -0.132. The third kappa shape index (κ3) is 6.11. The lowest BCUT2D eigenvalue weighted by Crippen LogP contribution is -2.34. The van der Waals surface area contributed by atoms with Crippen LogP contribution in [-0.2, 0) is 25.1 Å². The number of anilines is 1. The minimum Gasteiger partial charge on any atom is -0.427 e. The summed E-state index contributed by atoms with van der Waals surface area (Å²) in [6, 6.07) is 6.42. The second-order valence-electron chi connectivity index (χ2n) is 5.62. The third-order valence-corrected chi connectivity index (χ3v) is 4.54. The Morgan fingerprint density at radius 1 is 1.24 bits per heavy atom. The Kier molecular flexibility index (Phi) is 6.40. The normalized spacial score (nSPS) is 16.7. The van der Waals surface area contributed by atoms with Crippen molar-refractivity contribution in [2.24, 2.45) is 9.57 Å². The summed E-state index contributed by atoms with van der Waals surface area (Å²) in [5.74, 6) is 0.297. The summed E-state index contributed by atoms with van der Waals surface area (Å²) < 4.78 is 9.05. The molecule has 0 bridgehead atoms. The van der Waals surface area contributed by atoms with Gasteiger partial charge in [0.25, 0.3) is 0 Å². The van der Waals surface area contributed by atoms with Gasteiger partial charge in [0.2, 0.25) is 11.8 Å². The molecule has 0 aliphatic carbocycles. The van der Waals surface area contributed by atoms with Gasteiger partial charge in [0.05, 0.1) is 11.6 Å². The van der Waals surface area contributed by atoms with Crippen LogP contribution < -0.4 is 10.1 Å². The number of carbonyl (C=O) groups excluding carboxylic acids is 3. The molecule has 1 aromatic carbocycles. The van der Waals surface area contributed by atoms with E-state index in [1.54, 1.807) is 24.3 Å². The molecular formula is C16H20N4O4S. The molecule has 1 aliphatic heterocycles. The number of amides is 2. The zero-order valence-electron chi connectivity index (χ0n) is 14.3. The first-order valence-corrected chi connectivity index (χ1v) is 9.11. The molecule has 0 spiro atoms. The molecule has 1 aliphatic rings. The first-order valence-electron chi connectivity index (χ1n) is 7.59. The minimum absolute atomic E-state index is 0.0294. The maximum absolute atomic E-state index is 12.1. The fourth-order valence-corrected chi connectivity index (χ4v) is 3.55. The van der Waals surface area contributed by atoms with Crippen molar-refractivity contribution >= 4 is 39.9 Å². The molecule has 2 rings (SSSR count). The molecule has 1 heterocycles. The molecule has 134 valence electrons. The number of nitrogens with zero attached hydrogens (tertiary/aromatic N) is 3. The van der Waals surface area contributed by atoms with Crippen molar-refractivity contribution in [1.29, 1.82) is 0 Å². The largest absolute Gasteiger partial charge is 0.427 e. The van der Waals surface area contributed by atoms with Crippen LogP contribution >= 0.6 is 0 Å². The zero-order chi connectivity index (χ0) is 18.4. The second-order valence-corrected chi connectivity index (χ2v) is 7.26. The van der Waals surface area contributed by atoms with E-state index in [9.17, 15) is 14.4 Å². The first kappa shape index (κ1) is 18.8.